The zero-order valence-corrected chi connectivity index (χ0v) is 16.0. The third kappa shape index (κ3) is 4.82. The van der Waals surface area contributed by atoms with E-state index in [1.165, 1.54) is 4.90 Å². The van der Waals surface area contributed by atoms with Crippen LogP contribution in [-0.4, -0.2) is 47.9 Å². The van der Waals surface area contributed by atoms with Crippen LogP contribution in [-0.2, 0) is 14.9 Å². The van der Waals surface area contributed by atoms with Gasteiger partial charge in [0.1, 0.15) is 5.60 Å². The molecule has 6 nitrogen and oxygen atoms in total. The molecule has 1 saturated carbocycles. The molecule has 2 fully saturated rings. The minimum absolute atomic E-state index is 0. The third-order valence-electron chi connectivity index (χ3n) is 4.09. The van der Waals surface area contributed by atoms with Crippen LogP contribution in [0.25, 0.3) is 0 Å². The van der Waals surface area contributed by atoms with Gasteiger partial charge in [-0.25, -0.2) is 13.2 Å². The normalized spacial score (nSPS) is 27.0. The quantitative estimate of drug-likeness (QED) is 0.458. The molecular weight excluding hydrogens is 305 g/mol. The topological polar surface area (TPSA) is 86.7 Å². The van der Waals surface area contributed by atoms with E-state index in [1.807, 2.05) is 0 Å². The Labute approximate surface area is 148 Å². The molecule has 1 heterocycles. The standard InChI is InChI=1S/C13H23NO5S.Na/c1-13(2,3)19-12(15)14-7-10(9-5-4-6-9)11(8-14)20(16,17)18;/h9-11H,4-8H2,1-3H3,(H,16,17,18);/q;+1/p-1. The second-order valence-electron chi connectivity index (χ2n) is 6.77. The molecule has 2 aliphatic rings. The molecule has 2 unspecified atom stereocenters. The zero-order valence-electron chi connectivity index (χ0n) is 13.2. The summed E-state index contributed by atoms with van der Waals surface area (Å²) in [6.07, 6.45) is 2.42. The van der Waals surface area contributed by atoms with Gasteiger partial charge in [-0.05, 0) is 32.6 Å². The molecule has 1 amide bonds. The van der Waals surface area contributed by atoms with Crippen molar-refractivity contribution in [1.29, 1.82) is 0 Å². The molecule has 1 aliphatic heterocycles. The molecule has 8 heteroatoms. The van der Waals surface area contributed by atoms with Crippen LogP contribution < -0.4 is 29.6 Å². The molecule has 0 bridgehead atoms. The van der Waals surface area contributed by atoms with Crippen LogP contribution in [0.15, 0.2) is 0 Å². The molecule has 2 rings (SSSR count). The Bertz CT molecular complexity index is 483. The van der Waals surface area contributed by atoms with E-state index in [4.69, 9.17) is 4.74 Å². The maximum absolute atomic E-state index is 12.0. The van der Waals surface area contributed by atoms with E-state index >= 15 is 0 Å². The van der Waals surface area contributed by atoms with Crippen molar-refractivity contribution in [2.24, 2.45) is 11.8 Å². The maximum Gasteiger partial charge on any atom is 1.00 e. The summed E-state index contributed by atoms with van der Waals surface area (Å²) in [6.45, 7) is 5.54. The van der Waals surface area contributed by atoms with E-state index in [1.54, 1.807) is 20.8 Å². The molecule has 2 atom stereocenters. The Balaban J connectivity index is 0.00000220. The Morgan fingerprint density at radius 1 is 1.24 bits per heavy atom. The van der Waals surface area contributed by atoms with E-state index in [0.717, 1.165) is 19.3 Å². The van der Waals surface area contributed by atoms with Gasteiger partial charge in [-0.2, -0.15) is 0 Å². The van der Waals surface area contributed by atoms with Crippen LogP contribution in [0.5, 0.6) is 0 Å². The molecule has 0 aromatic rings. The predicted octanol–water partition coefficient (Wildman–Crippen LogP) is -1.43. The smallest absolute Gasteiger partial charge is 0.748 e. The number of ether oxygens (including phenoxy) is 1. The van der Waals surface area contributed by atoms with E-state index in [0.29, 0.717) is 6.54 Å². The van der Waals surface area contributed by atoms with Crippen molar-refractivity contribution in [3.05, 3.63) is 0 Å². The average Bonchev–Trinajstić information content (AvgIpc) is 2.55. The van der Waals surface area contributed by atoms with Gasteiger partial charge < -0.3 is 14.2 Å². The first-order chi connectivity index (χ1) is 9.08. The summed E-state index contributed by atoms with van der Waals surface area (Å²) >= 11 is 0. The summed E-state index contributed by atoms with van der Waals surface area (Å²) in [5.74, 6) is 0.00919. The Morgan fingerprint density at radius 2 is 1.81 bits per heavy atom. The van der Waals surface area contributed by atoms with Gasteiger partial charge in [0.25, 0.3) is 0 Å². The number of hydrogen-bond acceptors (Lipinski definition) is 5. The van der Waals surface area contributed by atoms with E-state index < -0.39 is 27.1 Å². The van der Waals surface area contributed by atoms with Crippen LogP contribution in [0.4, 0.5) is 4.79 Å². The Kier molecular flexibility index (Phi) is 6.17. The van der Waals surface area contributed by atoms with Crippen molar-refractivity contribution >= 4 is 16.2 Å². The first kappa shape index (κ1) is 19.2. The number of carbonyl (C=O) groups excluding carboxylic acids is 1. The first-order valence-electron chi connectivity index (χ1n) is 7.00. The molecule has 116 valence electrons. The van der Waals surface area contributed by atoms with Crippen LogP contribution in [0, 0.1) is 11.8 Å². The van der Waals surface area contributed by atoms with Gasteiger partial charge in [0.2, 0.25) is 0 Å². The molecule has 1 aliphatic carbocycles. The minimum Gasteiger partial charge on any atom is -0.748 e. The van der Waals surface area contributed by atoms with Gasteiger partial charge in [-0.1, -0.05) is 19.3 Å². The van der Waals surface area contributed by atoms with Gasteiger partial charge in [-0.15, -0.1) is 0 Å². The van der Waals surface area contributed by atoms with E-state index in [9.17, 15) is 17.8 Å². The van der Waals surface area contributed by atoms with Crippen molar-refractivity contribution in [3.8, 4) is 0 Å². The van der Waals surface area contributed by atoms with Crippen LogP contribution in [0.3, 0.4) is 0 Å². The Hall–Kier alpha value is 0.180. The van der Waals surface area contributed by atoms with Gasteiger partial charge in [-0.3, -0.25) is 0 Å². The van der Waals surface area contributed by atoms with Crippen molar-refractivity contribution in [2.45, 2.75) is 50.9 Å². The number of nitrogens with zero attached hydrogens (tertiary/aromatic N) is 1. The summed E-state index contributed by atoms with van der Waals surface area (Å²) < 4.78 is 39.5. The molecule has 21 heavy (non-hydrogen) atoms. The molecule has 0 radical (unpaired) electrons. The number of carbonyl (C=O) groups is 1. The SMILES string of the molecule is CC(C)(C)OC(=O)N1CC(C2CCC2)C(S(=O)(=O)[O-])C1.[Na+]. The fourth-order valence-corrected chi connectivity index (χ4v) is 4.00. The van der Waals surface area contributed by atoms with E-state index in [2.05, 4.69) is 0 Å². The molecular formula is C13H22NNaO5S. The maximum atomic E-state index is 12.0. The first-order valence-corrected chi connectivity index (χ1v) is 8.48. The van der Waals surface area contributed by atoms with Crippen LogP contribution in [0.2, 0.25) is 0 Å². The molecule has 0 aromatic carbocycles. The summed E-state index contributed by atoms with van der Waals surface area (Å²) in [5.41, 5.74) is -0.628. The van der Waals surface area contributed by atoms with Crippen molar-refractivity contribution in [2.75, 3.05) is 13.1 Å². The third-order valence-corrected chi connectivity index (χ3v) is 5.33. The molecule has 0 aromatic heterocycles. The molecule has 0 N–H and O–H groups in total. The number of rotatable bonds is 2. The largest absolute Gasteiger partial charge is 1.00 e. The minimum atomic E-state index is -4.38. The van der Waals surface area contributed by atoms with Crippen molar-refractivity contribution in [3.63, 3.8) is 0 Å². The number of likely N-dealkylation sites (tertiary alicyclic amines) is 1. The second kappa shape index (κ2) is 6.74. The predicted molar refractivity (Wildman–Crippen MR) is 72.1 cm³/mol. The summed E-state index contributed by atoms with van der Waals surface area (Å²) in [4.78, 5) is 13.4. The van der Waals surface area contributed by atoms with Crippen molar-refractivity contribution < 1.29 is 52.1 Å². The zero-order chi connectivity index (χ0) is 15.1. The van der Waals surface area contributed by atoms with Gasteiger partial charge in [0, 0.05) is 13.1 Å². The fourth-order valence-electron chi connectivity index (χ4n) is 2.90. The fraction of sp³-hybridized carbons (Fsp3) is 0.923. The van der Waals surface area contributed by atoms with Crippen molar-refractivity contribution in [1.82, 2.24) is 4.90 Å². The van der Waals surface area contributed by atoms with Gasteiger partial charge in [0.15, 0.2) is 0 Å². The summed E-state index contributed by atoms with van der Waals surface area (Å²) in [5, 5.41) is -0.986. The average molecular weight is 327 g/mol. The number of amides is 1. The van der Waals surface area contributed by atoms with Crippen LogP contribution >= 0.6 is 0 Å². The monoisotopic (exact) mass is 327 g/mol. The van der Waals surface area contributed by atoms with Gasteiger partial charge in [0.05, 0.1) is 15.4 Å². The molecule has 0 spiro atoms. The van der Waals surface area contributed by atoms with Gasteiger partial charge >= 0.3 is 35.7 Å². The molecule has 1 saturated heterocycles. The Morgan fingerprint density at radius 3 is 2.19 bits per heavy atom. The second-order valence-corrected chi connectivity index (χ2v) is 8.36. The van der Waals surface area contributed by atoms with Crippen LogP contribution in [0.1, 0.15) is 40.0 Å². The number of hydrogen-bond donors (Lipinski definition) is 0. The summed E-state index contributed by atoms with van der Waals surface area (Å²) in [7, 11) is -4.38. The summed E-state index contributed by atoms with van der Waals surface area (Å²) in [6, 6.07) is 0. The van der Waals surface area contributed by atoms with E-state index in [-0.39, 0.29) is 47.9 Å².